The molecule has 3 rings (SSSR count). The number of hydrogen-bond acceptors (Lipinski definition) is 4. The Morgan fingerprint density at radius 2 is 2.24 bits per heavy atom. The Labute approximate surface area is 158 Å². The molecule has 0 amide bonds. The van der Waals surface area contributed by atoms with Crippen LogP contribution in [0.4, 0.5) is 0 Å². The number of guanidine groups is 1. The van der Waals surface area contributed by atoms with Gasteiger partial charge in [0.05, 0.1) is 16.8 Å². The van der Waals surface area contributed by atoms with Crippen molar-refractivity contribution in [1.82, 2.24) is 20.5 Å². The summed E-state index contributed by atoms with van der Waals surface area (Å²) in [5.74, 6) is 1.44. The van der Waals surface area contributed by atoms with Crippen molar-refractivity contribution < 1.29 is 0 Å². The summed E-state index contributed by atoms with van der Waals surface area (Å²) in [4.78, 5) is 11.5. The van der Waals surface area contributed by atoms with Crippen molar-refractivity contribution in [3.05, 3.63) is 28.2 Å². The zero-order valence-electron chi connectivity index (χ0n) is 15.2. The van der Waals surface area contributed by atoms with Gasteiger partial charge < -0.3 is 10.6 Å². The molecule has 2 N–H and O–H groups in total. The largest absolute Gasteiger partial charge is 0.352 e. The summed E-state index contributed by atoms with van der Waals surface area (Å²) in [5.41, 5.74) is 0.953. The van der Waals surface area contributed by atoms with E-state index in [4.69, 9.17) is 11.6 Å². The van der Waals surface area contributed by atoms with Gasteiger partial charge in [0.1, 0.15) is 5.01 Å². The Kier molecular flexibility index (Phi) is 5.81. The van der Waals surface area contributed by atoms with Crippen molar-refractivity contribution in [1.29, 1.82) is 0 Å². The van der Waals surface area contributed by atoms with Gasteiger partial charge in [-0.15, -0.1) is 11.3 Å². The fourth-order valence-corrected chi connectivity index (χ4v) is 4.22. The van der Waals surface area contributed by atoms with E-state index >= 15 is 0 Å². The molecule has 0 bridgehead atoms. The lowest BCUT2D eigenvalue weighted by Gasteiger charge is -2.21. The summed E-state index contributed by atoms with van der Waals surface area (Å²) >= 11 is 7.72. The Morgan fingerprint density at radius 1 is 1.44 bits per heavy atom. The zero-order valence-corrected chi connectivity index (χ0v) is 16.8. The SMILES string of the molecule is CN=C(NCc1nc2cc(Cl)ccc2s1)NC1CN(C(C)C)CC1C. The van der Waals surface area contributed by atoms with Crippen molar-refractivity contribution in [2.24, 2.45) is 10.9 Å². The third-order valence-corrected chi connectivity index (χ3v) is 5.99. The van der Waals surface area contributed by atoms with Gasteiger partial charge in [-0.05, 0) is 38.0 Å². The maximum Gasteiger partial charge on any atom is 0.191 e. The molecule has 1 aromatic heterocycles. The average Bonchev–Trinajstić information content (AvgIpc) is 3.14. The molecule has 25 heavy (non-hydrogen) atoms. The number of halogens is 1. The molecule has 2 heterocycles. The summed E-state index contributed by atoms with van der Waals surface area (Å²) < 4.78 is 1.15. The van der Waals surface area contributed by atoms with Gasteiger partial charge in [0.2, 0.25) is 0 Å². The van der Waals surface area contributed by atoms with Crippen LogP contribution < -0.4 is 10.6 Å². The van der Waals surface area contributed by atoms with Gasteiger partial charge in [0, 0.05) is 37.2 Å². The number of likely N-dealkylation sites (tertiary alicyclic amines) is 1. The van der Waals surface area contributed by atoms with E-state index in [2.05, 4.69) is 46.3 Å². The number of fused-ring (bicyclic) bond motifs is 1. The first-order chi connectivity index (χ1) is 12.0. The minimum absolute atomic E-state index is 0.419. The molecule has 0 saturated carbocycles. The Hall–Kier alpha value is -1.37. The highest BCUT2D eigenvalue weighted by atomic mass is 35.5. The Bertz CT molecular complexity index is 757. The van der Waals surface area contributed by atoms with Gasteiger partial charge in [-0.3, -0.25) is 9.89 Å². The maximum absolute atomic E-state index is 6.04. The van der Waals surface area contributed by atoms with E-state index in [-0.39, 0.29) is 0 Å². The van der Waals surface area contributed by atoms with Crippen LogP contribution in [0.2, 0.25) is 5.02 Å². The van der Waals surface area contributed by atoms with Gasteiger partial charge >= 0.3 is 0 Å². The van der Waals surface area contributed by atoms with Crippen LogP contribution in [0.1, 0.15) is 25.8 Å². The highest BCUT2D eigenvalue weighted by Gasteiger charge is 2.31. The van der Waals surface area contributed by atoms with E-state index in [1.807, 2.05) is 25.2 Å². The smallest absolute Gasteiger partial charge is 0.191 e. The fraction of sp³-hybridized carbons (Fsp3) is 0.556. The number of thiazole rings is 1. The highest BCUT2D eigenvalue weighted by Crippen LogP contribution is 2.25. The second-order valence-corrected chi connectivity index (χ2v) is 8.47. The molecule has 5 nitrogen and oxygen atoms in total. The van der Waals surface area contributed by atoms with Crippen molar-refractivity contribution in [3.63, 3.8) is 0 Å². The number of aromatic nitrogens is 1. The van der Waals surface area contributed by atoms with Crippen molar-refractivity contribution in [2.45, 2.75) is 39.4 Å². The lowest BCUT2D eigenvalue weighted by Crippen LogP contribution is -2.46. The monoisotopic (exact) mass is 379 g/mol. The number of hydrogen-bond donors (Lipinski definition) is 2. The van der Waals surface area contributed by atoms with Crippen molar-refractivity contribution >= 4 is 39.1 Å². The lowest BCUT2D eigenvalue weighted by atomic mass is 10.1. The topological polar surface area (TPSA) is 52.6 Å². The summed E-state index contributed by atoms with van der Waals surface area (Å²) in [5, 5.41) is 8.71. The van der Waals surface area contributed by atoms with Gasteiger partial charge in [-0.25, -0.2) is 4.98 Å². The molecule has 1 aliphatic heterocycles. The third-order valence-electron chi connectivity index (χ3n) is 4.72. The van der Waals surface area contributed by atoms with E-state index < -0.39 is 0 Å². The van der Waals surface area contributed by atoms with Gasteiger partial charge in [0.25, 0.3) is 0 Å². The normalized spacial score (nSPS) is 22.1. The fourth-order valence-electron chi connectivity index (χ4n) is 3.17. The molecule has 1 aromatic carbocycles. The average molecular weight is 380 g/mol. The van der Waals surface area contributed by atoms with Gasteiger partial charge in [0.15, 0.2) is 5.96 Å². The molecule has 0 spiro atoms. The standard InChI is InChI=1S/C18H26ClN5S/c1-11(2)24-9-12(3)15(10-24)23-18(20-4)21-8-17-22-14-7-13(19)5-6-16(14)25-17/h5-7,11-12,15H,8-10H2,1-4H3,(H2,20,21,23). The first-order valence-corrected chi connectivity index (χ1v) is 9.92. The summed E-state index contributed by atoms with van der Waals surface area (Å²) in [7, 11) is 1.81. The molecule has 2 atom stereocenters. The number of rotatable bonds is 4. The number of aliphatic imine (C=N–C) groups is 1. The number of benzene rings is 1. The molecule has 1 aliphatic rings. The molecule has 136 valence electrons. The lowest BCUT2D eigenvalue weighted by molar-refractivity contribution is 0.265. The van der Waals surface area contributed by atoms with Crippen LogP contribution >= 0.6 is 22.9 Å². The Morgan fingerprint density at radius 3 is 2.92 bits per heavy atom. The number of nitrogens with zero attached hydrogens (tertiary/aromatic N) is 3. The summed E-state index contributed by atoms with van der Waals surface area (Å²) in [6.45, 7) is 9.64. The molecule has 2 unspecified atom stereocenters. The van der Waals surface area contributed by atoms with Crippen molar-refractivity contribution in [3.8, 4) is 0 Å². The molecule has 1 saturated heterocycles. The molecule has 0 radical (unpaired) electrons. The predicted molar refractivity (Wildman–Crippen MR) is 108 cm³/mol. The van der Waals surface area contributed by atoms with E-state index in [1.165, 1.54) is 0 Å². The number of nitrogens with one attached hydrogen (secondary N) is 2. The summed E-state index contributed by atoms with van der Waals surface area (Å²) in [6.07, 6.45) is 0. The van der Waals surface area contributed by atoms with E-state index in [1.54, 1.807) is 11.3 Å². The summed E-state index contributed by atoms with van der Waals surface area (Å²) in [6, 6.07) is 6.83. The second-order valence-electron chi connectivity index (χ2n) is 6.92. The minimum atomic E-state index is 0.419. The molecule has 2 aromatic rings. The first kappa shape index (κ1) is 18.4. The molecular formula is C18H26ClN5S. The minimum Gasteiger partial charge on any atom is -0.352 e. The molecule has 1 fully saturated rings. The second kappa shape index (κ2) is 7.89. The maximum atomic E-state index is 6.04. The Balaban J connectivity index is 1.59. The van der Waals surface area contributed by atoms with E-state index in [0.29, 0.717) is 24.5 Å². The van der Waals surface area contributed by atoms with E-state index in [0.717, 1.165) is 39.3 Å². The van der Waals surface area contributed by atoms with Crippen LogP contribution in [0.15, 0.2) is 23.2 Å². The van der Waals surface area contributed by atoms with Crippen LogP contribution in [0, 0.1) is 5.92 Å². The van der Waals surface area contributed by atoms with Crippen LogP contribution in [0.3, 0.4) is 0 Å². The predicted octanol–water partition coefficient (Wildman–Crippen LogP) is 3.34. The first-order valence-electron chi connectivity index (χ1n) is 8.72. The van der Waals surface area contributed by atoms with E-state index in [9.17, 15) is 0 Å². The zero-order chi connectivity index (χ0) is 18.0. The van der Waals surface area contributed by atoms with Gasteiger partial charge in [-0.1, -0.05) is 18.5 Å². The van der Waals surface area contributed by atoms with Crippen LogP contribution in [-0.2, 0) is 6.54 Å². The van der Waals surface area contributed by atoms with Crippen LogP contribution in [0.25, 0.3) is 10.2 Å². The van der Waals surface area contributed by atoms with Crippen LogP contribution in [0.5, 0.6) is 0 Å². The molecule has 7 heteroatoms. The quantitative estimate of drug-likeness (QED) is 0.632. The van der Waals surface area contributed by atoms with Crippen molar-refractivity contribution in [2.75, 3.05) is 20.1 Å². The van der Waals surface area contributed by atoms with Gasteiger partial charge in [-0.2, -0.15) is 0 Å². The third kappa shape index (κ3) is 4.43. The highest BCUT2D eigenvalue weighted by molar-refractivity contribution is 7.18. The molecule has 0 aliphatic carbocycles. The van der Waals surface area contributed by atoms with Crippen LogP contribution in [-0.4, -0.2) is 48.1 Å². The molecular weight excluding hydrogens is 354 g/mol.